The van der Waals surface area contributed by atoms with Gasteiger partial charge in [0.1, 0.15) is 0 Å². The third-order valence-corrected chi connectivity index (χ3v) is 4.80. The highest BCUT2D eigenvalue weighted by molar-refractivity contribution is 8.76. The average Bonchev–Trinajstić information content (AvgIpc) is 2.30. The molecule has 2 aromatic rings. The molecule has 0 spiro atoms. The van der Waals surface area contributed by atoms with Crippen molar-refractivity contribution in [1.82, 2.24) is 0 Å². The summed E-state index contributed by atoms with van der Waals surface area (Å²) in [5, 5.41) is 0. The molecule has 0 aliphatic heterocycles. The van der Waals surface area contributed by atoms with Gasteiger partial charge in [-0.2, -0.15) is 0 Å². The first-order chi connectivity index (χ1) is 8.56. The smallest absolute Gasteiger partial charge is 0.0481 e. The summed E-state index contributed by atoms with van der Waals surface area (Å²) < 4.78 is 0. The summed E-state index contributed by atoms with van der Waals surface area (Å²) >= 11 is 0. The van der Waals surface area contributed by atoms with Crippen LogP contribution >= 0.6 is 21.6 Å². The van der Waals surface area contributed by atoms with E-state index in [9.17, 15) is 0 Å². The molecule has 0 amide bonds. The van der Waals surface area contributed by atoms with E-state index in [-0.39, 0.29) is 0 Å². The van der Waals surface area contributed by atoms with Crippen LogP contribution in [0.1, 0.15) is 0 Å². The zero-order valence-corrected chi connectivity index (χ0v) is 11.2. The minimum Gasteiger partial charge on any atom is -0.399 e. The molecule has 0 aliphatic carbocycles. The average molecular weight is 278 g/mol. The first kappa shape index (κ1) is 12.8. The Kier molecular flexibility index (Phi) is 3.78. The number of benzene rings is 2. The minimum atomic E-state index is 0.661. The zero-order chi connectivity index (χ0) is 13.1. The first-order valence-corrected chi connectivity index (χ1v) is 7.36. The van der Waals surface area contributed by atoms with Gasteiger partial charge in [-0.3, -0.25) is 0 Å². The second-order valence-electron chi connectivity index (χ2n) is 3.76. The van der Waals surface area contributed by atoms with Crippen molar-refractivity contribution in [2.24, 2.45) is 0 Å². The van der Waals surface area contributed by atoms with Gasteiger partial charge in [-0.15, -0.1) is 0 Å². The van der Waals surface area contributed by atoms with Crippen LogP contribution in [-0.4, -0.2) is 0 Å². The summed E-state index contributed by atoms with van der Waals surface area (Å²) in [7, 11) is 3.09. The number of rotatable bonds is 3. The third-order valence-electron chi connectivity index (χ3n) is 2.29. The van der Waals surface area contributed by atoms with Gasteiger partial charge in [0, 0.05) is 32.5 Å². The van der Waals surface area contributed by atoms with Crippen LogP contribution in [0.5, 0.6) is 0 Å². The number of nitrogen functional groups attached to an aromatic ring is 4. The maximum absolute atomic E-state index is 5.88. The van der Waals surface area contributed by atoms with Crippen LogP contribution in [0.2, 0.25) is 0 Å². The van der Waals surface area contributed by atoms with Crippen molar-refractivity contribution in [3.8, 4) is 0 Å². The summed E-state index contributed by atoms with van der Waals surface area (Å²) in [6.07, 6.45) is 0. The van der Waals surface area contributed by atoms with Crippen LogP contribution in [0.3, 0.4) is 0 Å². The van der Waals surface area contributed by atoms with Gasteiger partial charge in [-0.25, -0.2) is 0 Å². The Morgan fingerprint density at radius 1 is 0.611 bits per heavy atom. The Morgan fingerprint density at radius 3 is 1.33 bits per heavy atom. The maximum atomic E-state index is 5.88. The van der Waals surface area contributed by atoms with Gasteiger partial charge in [0.25, 0.3) is 0 Å². The van der Waals surface area contributed by atoms with Crippen LogP contribution in [-0.2, 0) is 0 Å². The molecule has 0 saturated heterocycles. The molecule has 2 rings (SSSR count). The summed E-state index contributed by atoms with van der Waals surface area (Å²) in [5.41, 5.74) is 25.7. The molecule has 0 unspecified atom stereocenters. The number of hydrogen-bond acceptors (Lipinski definition) is 6. The highest BCUT2D eigenvalue weighted by Crippen LogP contribution is 2.42. The molecule has 0 saturated carbocycles. The summed E-state index contributed by atoms with van der Waals surface area (Å²) in [6, 6.07) is 10.9. The lowest BCUT2D eigenvalue weighted by Crippen LogP contribution is -1.92. The molecule has 0 bridgehead atoms. The Labute approximate surface area is 113 Å². The molecule has 2 aromatic carbocycles. The molecule has 0 atom stereocenters. The van der Waals surface area contributed by atoms with Crippen LogP contribution < -0.4 is 22.9 Å². The molecule has 6 heteroatoms. The minimum absolute atomic E-state index is 0.661. The van der Waals surface area contributed by atoms with Gasteiger partial charge in [0.2, 0.25) is 0 Å². The lowest BCUT2D eigenvalue weighted by Gasteiger charge is -2.07. The Morgan fingerprint density at radius 2 is 1.00 bits per heavy atom. The molecular formula is C12H14N4S2. The molecule has 4 nitrogen and oxygen atoms in total. The van der Waals surface area contributed by atoms with Crippen molar-refractivity contribution in [2.45, 2.75) is 9.79 Å². The topological polar surface area (TPSA) is 104 Å². The molecule has 0 aromatic heterocycles. The second kappa shape index (κ2) is 5.32. The van der Waals surface area contributed by atoms with E-state index < -0.39 is 0 Å². The van der Waals surface area contributed by atoms with Crippen molar-refractivity contribution in [3.05, 3.63) is 36.4 Å². The molecule has 94 valence electrons. The van der Waals surface area contributed by atoms with Gasteiger partial charge in [-0.05, 0) is 36.4 Å². The monoisotopic (exact) mass is 278 g/mol. The van der Waals surface area contributed by atoms with Crippen molar-refractivity contribution in [1.29, 1.82) is 0 Å². The fourth-order valence-electron chi connectivity index (χ4n) is 1.38. The standard InChI is InChI=1S/C12H14N4S2/c13-7-1-3-11(9(15)5-7)17-18-12-4-2-8(14)6-10(12)16/h1-6H,13-16H2. The van der Waals surface area contributed by atoms with Crippen LogP contribution in [0, 0.1) is 0 Å². The predicted octanol–water partition coefficient (Wildman–Crippen LogP) is 2.81. The van der Waals surface area contributed by atoms with E-state index in [0.717, 1.165) is 9.79 Å². The van der Waals surface area contributed by atoms with Crippen molar-refractivity contribution in [2.75, 3.05) is 22.9 Å². The maximum Gasteiger partial charge on any atom is 0.0481 e. The van der Waals surface area contributed by atoms with E-state index in [0.29, 0.717) is 22.7 Å². The lowest BCUT2D eigenvalue weighted by atomic mass is 10.3. The van der Waals surface area contributed by atoms with E-state index in [2.05, 4.69) is 0 Å². The largest absolute Gasteiger partial charge is 0.399 e. The Bertz CT molecular complexity index is 520. The first-order valence-electron chi connectivity index (χ1n) is 5.21. The third kappa shape index (κ3) is 2.96. The van der Waals surface area contributed by atoms with E-state index in [4.69, 9.17) is 22.9 Å². The van der Waals surface area contributed by atoms with Gasteiger partial charge in [0.05, 0.1) is 0 Å². The van der Waals surface area contributed by atoms with E-state index in [1.807, 2.05) is 24.3 Å². The van der Waals surface area contributed by atoms with Gasteiger partial charge in [0.15, 0.2) is 0 Å². The van der Waals surface area contributed by atoms with Crippen molar-refractivity contribution in [3.63, 3.8) is 0 Å². The van der Waals surface area contributed by atoms with Crippen molar-refractivity contribution < 1.29 is 0 Å². The molecule has 0 fully saturated rings. The number of hydrogen-bond donors (Lipinski definition) is 4. The summed E-state index contributed by atoms with van der Waals surface area (Å²) in [4.78, 5) is 1.93. The molecule has 18 heavy (non-hydrogen) atoms. The zero-order valence-electron chi connectivity index (χ0n) is 9.59. The highest BCUT2D eigenvalue weighted by Gasteiger charge is 2.05. The Hall–Kier alpha value is -1.66. The Balaban J connectivity index is 2.11. The van der Waals surface area contributed by atoms with Gasteiger partial charge in [-0.1, -0.05) is 21.6 Å². The number of nitrogens with two attached hydrogens (primary N) is 4. The van der Waals surface area contributed by atoms with Crippen LogP contribution in [0.15, 0.2) is 46.2 Å². The van der Waals surface area contributed by atoms with E-state index >= 15 is 0 Å². The van der Waals surface area contributed by atoms with Gasteiger partial charge < -0.3 is 22.9 Å². The second-order valence-corrected chi connectivity index (χ2v) is 5.97. The fraction of sp³-hybridized carbons (Fsp3) is 0. The molecule has 0 radical (unpaired) electrons. The SMILES string of the molecule is Nc1ccc(SSc2ccc(N)cc2N)c(N)c1. The summed E-state index contributed by atoms with van der Waals surface area (Å²) in [6.45, 7) is 0. The van der Waals surface area contributed by atoms with E-state index in [1.165, 1.54) is 0 Å². The normalized spacial score (nSPS) is 10.4. The molecular weight excluding hydrogens is 264 g/mol. The van der Waals surface area contributed by atoms with Gasteiger partial charge >= 0.3 is 0 Å². The molecule has 8 N–H and O–H groups in total. The highest BCUT2D eigenvalue weighted by atomic mass is 33.1. The predicted molar refractivity (Wildman–Crippen MR) is 82.2 cm³/mol. The molecule has 0 heterocycles. The number of anilines is 4. The van der Waals surface area contributed by atoms with E-state index in [1.54, 1.807) is 33.7 Å². The fourth-order valence-corrected chi connectivity index (χ4v) is 3.56. The summed E-state index contributed by atoms with van der Waals surface area (Å²) in [5.74, 6) is 0. The quantitative estimate of drug-likeness (QED) is 0.508. The van der Waals surface area contributed by atoms with Crippen LogP contribution in [0.4, 0.5) is 22.7 Å². The van der Waals surface area contributed by atoms with Crippen LogP contribution in [0.25, 0.3) is 0 Å². The lowest BCUT2D eigenvalue weighted by molar-refractivity contribution is 1.46. The molecule has 0 aliphatic rings. The van der Waals surface area contributed by atoms with Crippen molar-refractivity contribution >= 4 is 44.3 Å².